The average molecular weight is 219 g/mol. The Bertz CT molecular complexity index is 468. The molecule has 0 saturated heterocycles. The summed E-state index contributed by atoms with van der Waals surface area (Å²) in [6.07, 6.45) is 1.87. The first-order chi connectivity index (χ1) is 8.33. The highest BCUT2D eigenvalue weighted by molar-refractivity contribution is 5.81. The lowest BCUT2D eigenvalue weighted by Crippen LogP contribution is -2.01. The van der Waals surface area contributed by atoms with Crippen LogP contribution in [0.5, 0.6) is 0 Å². The minimum atomic E-state index is 1.01. The van der Waals surface area contributed by atoms with E-state index < -0.39 is 0 Å². The molecule has 0 atom stereocenters. The Morgan fingerprint density at radius 1 is 0.765 bits per heavy atom. The van der Waals surface area contributed by atoms with E-state index in [9.17, 15) is 0 Å². The van der Waals surface area contributed by atoms with E-state index in [2.05, 4.69) is 37.8 Å². The largest absolute Gasteiger partial charge is 0.0943 e. The van der Waals surface area contributed by atoms with E-state index in [1.54, 1.807) is 0 Å². The Labute approximate surface area is 104 Å². The molecule has 0 bridgehead atoms. The fourth-order valence-electron chi connectivity index (χ4n) is 1.83. The molecule has 2 aromatic rings. The van der Waals surface area contributed by atoms with E-state index in [1.165, 1.54) is 0 Å². The zero-order valence-corrected chi connectivity index (χ0v) is 9.77. The zero-order chi connectivity index (χ0) is 12.1. The lowest BCUT2D eigenvalue weighted by Gasteiger charge is -2.17. The SMILES string of the molecule is [CH2][CH][C](C(=C)c1ccccc1)c1ccccc1. The summed E-state index contributed by atoms with van der Waals surface area (Å²) < 4.78 is 0. The number of benzene rings is 2. The van der Waals surface area contributed by atoms with Gasteiger partial charge in [0.2, 0.25) is 0 Å². The van der Waals surface area contributed by atoms with E-state index in [0.29, 0.717) is 0 Å². The maximum absolute atomic E-state index is 4.16. The molecule has 0 aliphatic heterocycles. The Balaban J connectivity index is 2.29. The van der Waals surface area contributed by atoms with Crippen molar-refractivity contribution in [2.75, 3.05) is 0 Å². The number of hydrogen-bond acceptors (Lipinski definition) is 0. The Morgan fingerprint density at radius 2 is 1.24 bits per heavy atom. The van der Waals surface area contributed by atoms with Gasteiger partial charge in [0.05, 0.1) is 0 Å². The summed E-state index contributed by atoms with van der Waals surface area (Å²) in [5, 5.41) is 0. The van der Waals surface area contributed by atoms with E-state index in [1.807, 2.05) is 42.8 Å². The van der Waals surface area contributed by atoms with Crippen molar-refractivity contribution in [1.29, 1.82) is 0 Å². The van der Waals surface area contributed by atoms with Gasteiger partial charge in [-0.1, -0.05) is 67.2 Å². The van der Waals surface area contributed by atoms with Crippen LogP contribution in [0, 0.1) is 19.3 Å². The van der Waals surface area contributed by atoms with Gasteiger partial charge in [0.15, 0.2) is 0 Å². The van der Waals surface area contributed by atoms with Crippen LogP contribution >= 0.6 is 0 Å². The predicted octanol–water partition coefficient (Wildman–Crippen LogP) is 4.36. The maximum Gasteiger partial charge on any atom is 0.0374 e. The molecule has 0 fully saturated rings. The van der Waals surface area contributed by atoms with Gasteiger partial charge in [0.25, 0.3) is 0 Å². The summed E-state index contributed by atoms with van der Waals surface area (Å²) in [6, 6.07) is 20.4. The van der Waals surface area contributed by atoms with Gasteiger partial charge in [-0.3, -0.25) is 0 Å². The maximum atomic E-state index is 4.16. The molecule has 0 spiro atoms. The van der Waals surface area contributed by atoms with E-state index in [-0.39, 0.29) is 0 Å². The fraction of sp³-hybridized carbons (Fsp3) is 0. The van der Waals surface area contributed by atoms with Crippen molar-refractivity contribution >= 4 is 5.57 Å². The van der Waals surface area contributed by atoms with Crippen molar-refractivity contribution in [2.45, 2.75) is 0 Å². The van der Waals surface area contributed by atoms with E-state index >= 15 is 0 Å². The van der Waals surface area contributed by atoms with Gasteiger partial charge in [0, 0.05) is 5.92 Å². The molecule has 0 heteroatoms. The number of allylic oxidation sites excluding steroid dienone is 1. The molecule has 0 N–H and O–H groups in total. The van der Waals surface area contributed by atoms with Crippen LogP contribution in [0.25, 0.3) is 5.57 Å². The molecule has 2 aromatic carbocycles. The highest BCUT2D eigenvalue weighted by Crippen LogP contribution is 2.31. The van der Waals surface area contributed by atoms with Gasteiger partial charge >= 0.3 is 0 Å². The second kappa shape index (κ2) is 5.49. The second-order valence-corrected chi connectivity index (χ2v) is 3.83. The summed E-state index contributed by atoms with van der Waals surface area (Å²) in [7, 11) is 0. The lowest BCUT2D eigenvalue weighted by atomic mass is 9.86. The summed E-state index contributed by atoms with van der Waals surface area (Å²) in [4.78, 5) is 0. The van der Waals surface area contributed by atoms with Crippen LogP contribution in [0.1, 0.15) is 11.1 Å². The van der Waals surface area contributed by atoms with Gasteiger partial charge in [-0.15, -0.1) is 0 Å². The van der Waals surface area contributed by atoms with Crippen LogP contribution < -0.4 is 0 Å². The molecule has 0 nitrogen and oxygen atoms in total. The minimum Gasteiger partial charge on any atom is -0.0943 e. The Kier molecular flexibility index (Phi) is 3.77. The molecule has 0 unspecified atom stereocenters. The van der Waals surface area contributed by atoms with Crippen molar-refractivity contribution in [3.05, 3.63) is 97.6 Å². The van der Waals surface area contributed by atoms with Gasteiger partial charge in [-0.25, -0.2) is 0 Å². The Morgan fingerprint density at radius 3 is 1.71 bits per heavy atom. The van der Waals surface area contributed by atoms with Gasteiger partial charge in [-0.2, -0.15) is 0 Å². The van der Waals surface area contributed by atoms with Crippen LogP contribution in [0.15, 0.2) is 67.2 Å². The van der Waals surface area contributed by atoms with Crippen molar-refractivity contribution < 1.29 is 0 Å². The molecule has 17 heavy (non-hydrogen) atoms. The van der Waals surface area contributed by atoms with Crippen LogP contribution in [0.4, 0.5) is 0 Å². The molecule has 2 rings (SSSR count). The van der Waals surface area contributed by atoms with Gasteiger partial charge in [-0.05, 0) is 30.0 Å². The minimum absolute atomic E-state index is 1.01. The summed E-state index contributed by atoms with van der Waals surface area (Å²) in [6.45, 7) is 8.05. The molecular formula is C17H15. The molecule has 0 aliphatic carbocycles. The van der Waals surface area contributed by atoms with E-state index in [0.717, 1.165) is 22.6 Å². The summed E-state index contributed by atoms with van der Waals surface area (Å²) >= 11 is 0. The monoisotopic (exact) mass is 219 g/mol. The molecule has 0 saturated carbocycles. The predicted molar refractivity (Wildman–Crippen MR) is 73.9 cm³/mol. The number of rotatable bonds is 4. The van der Waals surface area contributed by atoms with Crippen molar-refractivity contribution in [3.8, 4) is 0 Å². The normalized spacial score (nSPS) is 10.5. The van der Waals surface area contributed by atoms with Gasteiger partial charge in [0.1, 0.15) is 0 Å². The molecule has 3 radical (unpaired) electrons. The molecule has 83 valence electrons. The van der Waals surface area contributed by atoms with Gasteiger partial charge < -0.3 is 0 Å². The third-order valence-corrected chi connectivity index (χ3v) is 2.74. The molecule has 0 amide bonds. The fourth-order valence-corrected chi connectivity index (χ4v) is 1.83. The van der Waals surface area contributed by atoms with E-state index in [4.69, 9.17) is 0 Å². The van der Waals surface area contributed by atoms with Crippen molar-refractivity contribution in [3.63, 3.8) is 0 Å². The topological polar surface area (TPSA) is 0 Å². The smallest absolute Gasteiger partial charge is 0.0374 e. The Hall–Kier alpha value is -1.82. The molecule has 0 aromatic heterocycles. The lowest BCUT2D eigenvalue weighted by molar-refractivity contribution is 1.31. The summed E-state index contributed by atoms with van der Waals surface area (Å²) in [5.74, 6) is 1.08. The van der Waals surface area contributed by atoms with Crippen LogP contribution in [0.3, 0.4) is 0 Å². The summed E-state index contributed by atoms with van der Waals surface area (Å²) in [5.41, 5.74) is 3.29. The van der Waals surface area contributed by atoms with Crippen molar-refractivity contribution in [2.24, 2.45) is 0 Å². The third kappa shape index (κ3) is 2.65. The first-order valence-corrected chi connectivity index (χ1v) is 5.62. The van der Waals surface area contributed by atoms with Crippen molar-refractivity contribution in [1.82, 2.24) is 0 Å². The average Bonchev–Trinajstić information content (AvgIpc) is 2.42. The number of hydrogen-bond donors (Lipinski definition) is 0. The van der Waals surface area contributed by atoms with Crippen LogP contribution in [0.2, 0.25) is 0 Å². The molecule has 0 heterocycles. The second-order valence-electron chi connectivity index (χ2n) is 3.83. The standard InChI is InChI=1S/C17H15/c1-3-17(16-12-8-5-9-13-16)14(2)15-10-6-4-7-11-15/h3-13H,1-2H2. The molecule has 0 aliphatic rings. The third-order valence-electron chi connectivity index (χ3n) is 2.74. The quantitative estimate of drug-likeness (QED) is 0.716. The van der Waals surface area contributed by atoms with Crippen LogP contribution in [-0.4, -0.2) is 0 Å². The highest BCUT2D eigenvalue weighted by Gasteiger charge is 2.14. The first-order valence-electron chi connectivity index (χ1n) is 5.62. The zero-order valence-electron chi connectivity index (χ0n) is 9.77. The highest BCUT2D eigenvalue weighted by atomic mass is 14.2. The first kappa shape index (κ1) is 11.7. The van der Waals surface area contributed by atoms with Crippen LogP contribution in [-0.2, 0) is 0 Å². The molecular weight excluding hydrogens is 204 g/mol.